The van der Waals surface area contributed by atoms with Crippen LogP contribution in [0, 0.1) is 11.3 Å². The van der Waals surface area contributed by atoms with Crippen molar-refractivity contribution in [1.82, 2.24) is 5.32 Å². The lowest BCUT2D eigenvalue weighted by molar-refractivity contribution is -0.0398. The third-order valence-corrected chi connectivity index (χ3v) is 3.57. The predicted molar refractivity (Wildman–Crippen MR) is 69.7 cm³/mol. The Morgan fingerprint density at radius 3 is 2.56 bits per heavy atom. The molecule has 0 saturated heterocycles. The predicted octanol–water partition coefficient (Wildman–Crippen LogP) is 3.22. The molecule has 96 valence electrons. The van der Waals surface area contributed by atoms with E-state index in [9.17, 15) is 0 Å². The van der Waals surface area contributed by atoms with Crippen molar-refractivity contribution in [1.29, 1.82) is 0 Å². The van der Waals surface area contributed by atoms with Gasteiger partial charge >= 0.3 is 0 Å². The first-order valence-corrected chi connectivity index (χ1v) is 6.87. The van der Waals surface area contributed by atoms with Crippen LogP contribution in [0.1, 0.15) is 53.4 Å². The summed E-state index contributed by atoms with van der Waals surface area (Å²) < 4.78 is 6.12. The van der Waals surface area contributed by atoms with Crippen molar-refractivity contribution in [2.45, 2.75) is 59.5 Å². The quantitative estimate of drug-likeness (QED) is 0.752. The zero-order valence-corrected chi connectivity index (χ0v) is 11.5. The molecule has 1 saturated carbocycles. The molecule has 2 heteroatoms. The van der Waals surface area contributed by atoms with Gasteiger partial charge in [-0.05, 0) is 25.3 Å². The molecule has 1 rings (SSSR count). The molecule has 0 heterocycles. The highest BCUT2D eigenvalue weighted by Crippen LogP contribution is 2.28. The van der Waals surface area contributed by atoms with Gasteiger partial charge in [-0.15, -0.1) is 0 Å². The summed E-state index contributed by atoms with van der Waals surface area (Å²) in [6, 6.07) is 0. The molecular formula is C14H29NO. The maximum absolute atomic E-state index is 6.12. The fourth-order valence-electron chi connectivity index (χ4n) is 2.38. The van der Waals surface area contributed by atoms with Gasteiger partial charge in [0.2, 0.25) is 0 Å². The van der Waals surface area contributed by atoms with Gasteiger partial charge in [-0.2, -0.15) is 0 Å². The lowest BCUT2D eigenvalue weighted by Crippen LogP contribution is -2.36. The largest absolute Gasteiger partial charge is 0.377 e. The zero-order valence-electron chi connectivity index (χ0n) is 11.5. The first kappa shape index (κ1) is 14.0. The van der Waals surface area contributed by atoms with Gasteiger partial charge in [0.15, 0.2) is 0 Å². The van der Waals surface area contributed by atoms with Crippen LogP contribution < -0.4 is 5.32 Å². The minimum atomic E-state index is 0.257. The van der Waals surface area contributed by atoms with E-state index >= 15 is 0 Å². The maximum Gasteiger partial charge on any atom is 0.0600 e. The molecule has 2 unspecified atom stereocenters. The molecule has 1 fully saturated rings. The van der Waals surface area contributed by atoms with E-state index in [4.69, 9.17) is 4.74 Å². The second-order valence-electron chi connectivity index (χ2n) is 6.06. The van der Waals surface area contributed by atoms with Crippen molar-refractivity contribution < 1.29 is 4.74 Å². The van der Waals surface area contributed by atoms with Gasteiger partial charge in [-0.1, -0.05) is 40.5 Å². The highest BCUT2D eigenvalue weighted by Gasteiger charge is 2.25. The number of hydrogen-bond donors (Lipinski definition) is 1. The van der Waals surface area contributed by atoms with Crippen LogP contribution in [0.5, 0.6) is 0 Å². The summed E-state index contributed by atoms with van der Waals surface area (Å²) >= 11 is 0. The smallest absolute Gasteiger partial charge is 0.0600 e. The van der Waals surface area contributed by atoms with E-state index in [0.29, 0.717) is 6.10 Å². The van der Waals surface area contributed by atoms with Crippen molar-refractivity contribution in [3.63, 3.8) is 0 Å². The molecule has 0 spiro atoms. The molecule has 0 bridgehead atoms. The van der Waals surface area contributed by atoms with E-state index in [1.54, 1.807) is 0 Å². The molecule has 1 aliphatic carbocycles. The van der Waals surface area contributed by atoms with Crippen LogP contribution in [0.15, 0.2) is 0 Å². The number of nitrogens with one attached hydrogen (secondary N) is 1. The summed E-state index contributed by atoms with van der Waals surface area (Å²) in [5, 5.41) is 3.41. The summed E-state index contributed by atoms with van der Waals surface area (Å²) in [6.45, 7) is 12.0. The first-order valence-electron chi connectivity index (χ1n) is 6.87. The Hall–Kier alpha value is -0.0800. The minimum absolute atomic E-state index is 0.257. The maximum atomic E-state index is 6.12. The van der Waals surface area contributed by atoms with Crippen LogP contribution in [0.3, 0.4) is 0 Å². The van der Waals surface area contributed by atoms with Crippen LogP contribution in [-0.2, 0) is 4.74 Å². The standard InChI is InChI=1S/C14H29NO/c1-5-15-10-14(3,4)11-16-13-9-7-6-8-12(13)2/h12-13,15H,5-11H2,1-4H3. The van der Waals surface area contributed by atoms with E-state index in [0.717, 1.165) is 25.6 Å². The van der Waals surface area contributed by atoms with E-state index < -0.39 is 0 Å². The molecule has 0 radical (unpaired) electrons. The van der Waals surface area contributed by atoms with Gasteiger partial charge in [-0.3, -0.25) is 0 Å². The first-order chi connectivity index (χ1) is 7.55. The monoisotopic (exact) mass is 227 g/mol. The van der Waals surface area contributed by atoms with Gasteiger partial charge in [0, 0.05) is 12.0 Å². The summed E-state index contributed by atoms with van der Waals surface area (Å²) in [5.74, 6) is 0.753. The summed E-state index contributed by atoms with van der Waals surface area (Å²) in [7, 11) is 0. The molecule has 0 amide bonds. The fourth-order valence-corrected chi connectivity index (χ4v) is 2.38. The molecule has 2 atom stereocenters. The van der Waals surface area contributed by atoms with Crippen LogP contribution in [-0.4, -0.2) is 25.8 Å². The molecule has 0 aromatic heterocycles. The van der Waals surface area contributed by atoms with Crippen molar-refractivity contribution in [2.75, 3.05) is 19.7 Å². The van der Waals surface area contributed by atoms with Crippen molar-refractivity contribution in [2.24, 2.45) is 11.3 Å². The third kappa shape index (κ3) is 4.84. The lowest BCUT2D eigenvalue weighted by Gasteiger charge is -2.33. The van der Waals surface area contributed by atoms with E-state index in [1.165, 1.54) is 25.7 Å². The van der Waals surface area contributed by atoms with Gasteiger partial charge < -0.3 is 10.1 Å². The number of ether oxygens (including phenoxy) is 1. The molecule has 1 N–H and O–H groups in total. The van der Waals surface area contributed by atoms with E-state index in [1.807, 2.05) is 0 Å². The van der Waals surface area contributed by atoms with Gasteiger partial charge in [-0.25, -0.2) is 0 Å². The molecule has 16 heavy (non-hydrogen) atoms. The average Bonchev–Trinajstić information content (AvgIpc) is 2.26. The highest BCUT2D eigenvalue weighted by molar-refractivity contribution is 4.76. The lowest BCUT2D eigenvalue weighted by atomic mass is 9.87. The van der Waals surface area contributed by atoms with Crippen LogP contribution in [0.4, 0.5) is 0 Å². The second-order valence-corrected chi connectivity index (χ2v) is 6.06. The highest BCUT2D eigenvalue weighted by atomic mass is 16.5. The van der Waals surface area contributed by atoms with Gasteiger partial charge in [0.05, 0.1) is 12.7 Å². The number of rotatable bonds is 6. The average molecular weight is 227 g/mol. The van der Waals surface area contributed by atoms with Crippen LogP contribution in [0.25, 0.3) is 0 Å². The fraction of sp³-hybridized carbons (Fsp3) is 1.00. The Labute approximate surface area is 101 Å². The SMILES string of the molecule is CCNCC(C)(C)COC1CCCCC1C. The molecule has 0 aliphatic heterocycles. The van der Waals surface area contributed by atoms with E-state index in [-0.39, 0.29) is 5.41 Å². The minimum Gasteiger partial charge on any atom is -0.377 e. The van der Waals surface area contributed by atoms with Crippen molar-refractivity contribution in [3.05, 3.63) is 0 Å². The molecule has 0 aromatic rings. The summed E-state index contributed by atoms with van der Waals surface area (Å²) in [4.78, 5) is 0. The molecule has 1 aliphatic rings. The van der Waals surface area contributed by atoms with Crippen LogP contribution in [0.2, 0.25) is 0 Å². The Morgan fingerprint density at radius 1 is 1.25 bits per heavy atom. The van der Waals surface area contributed by atoms with Crippen LogP contribution >= 0.6 is 0 Å². The number of hydrogen-bond acceptors (Lipinski definition) is 2. The Bertz CT molecular complexity index is 191. The van der Waals surface area contributed by atoms with Crippen molar-refractivity contribution in [3.8, 4) is 0 Å². The van der Waals surface area contributed by atoms with Crippen molar-refractivity contribution >= 4 is 0 Å². The Balaban J connectivity index is 2.26. The summed E-state index contributed by atoms with van der Waals surface area (Å²) in [5.41, 5.74) is 0.257. The Morgan fingerprint density at radius 2 is 1.94 bits per heavy atom. The summed E-state index contributed by atoms with van der Waals surface area (Å²) in [6.07, 6.45) is 5.86. The second kappa shape index (κ2) is 6.61. The molecule has 2 nitrogen and oxygen atoms in total. The normalized spacial score (nSPS) is 27.0. The molecule has 0 aromatic carbocycles. The Kier molecular flexibility index (Phi) is 5.77. The van der Waals surface area contributed by atoms with Gasteiger partial charge in [0.25, 0.3) is 0 Å². The third-order valence-electron chi connectivity index (χ3n) is 3.57. The topological polar surface area (TPSA) is 21.3 Å². The van der Waals surface area contributed by atoms with E-state index in [2.05, 4.69) is 33.0 Å². The molecular weight excluding hydrogens is 198 g/mol. The zero-order chi connectivity index (χ0) is 12.0. The van der Waals surface area contributed by atoms with Gasteiger partial charge in [0.1, 0.15) is 0 Å².